The highest BCUT2D eigenvalue weighted by Crippen LogP contribution is 2.23. The van der Waals surface area contributed by atoms with Crippen LogP contribution in [0.3, 0.4) is 0 Å². The van der Waals surface area contributed by atoms with Crippen LogP contribution in [0, 0.1) is 0 Å². The van der Waals surface area contributed by atoms with Crippen molar-refractivity contribution in [1.29, 1.82) is 0 Å². The quantitative estimate of drug-likeness (QED) is 0.403. The first kappa shape index (κ1) is 20.9. The van der Waals surface area contributed by atoms with Crippen LogP contribution < -0.4 is 20.1 Å². The maximum absolute atomic E-state index is 5.87. The molecule has 0 bridgehead atoms. The van der Waals surface area contributed by atoms with Gasteiger partial charge in [0.05, 0.1) is 18.9 Å². The lowest BCUT2D eigenvalue weighted by atomic mass is 10.2. The van der Waals surface area contributed by atoms with Crippen molar-refractivity contribution in [2.24, 2.45) is 0 Å². The average Bonchev–Trinajstić information content (AvgIpc) is 2.70. The van der Waals surface area contributed by atoms with Gasteiger partial charge in [0.2, 0.25) is 0 Å². The Hall–Kier alpha value is -2.36. The van der Waals surface area contributed by atoms with Gasteiger partial charge in [0.15, 0.2) is 0 Å². The number of benzene rings is 2. The van der Waals surface area contributed by atoms with Crippen molar-refractivity contribution in [3.05, 3.63) is 48.5 Å². The van der Waals surface area contributed by atoms with Gasteiger partial charge in [0.25, 0.3) is 0 Å². The first-order valence-corrected chi connectivity index (χ1v) is 10.3. The Morgan fingerprint density at radius 3 is 2.44 bits per heavy atom. The number of ether oxygens (including phenoxy) is 2. The molecule has 0 spiro atoms. The van der Waals surface area contributed by atoms with Crippen molar-refractivity contribution in [3.63, 3.8) is 0 Å². The van der Waals surface area contributed by atoms with E-state index in [1.165, 1.54) is 25.7 Å². The second-order valence-electron chi connectivity index (χ2n) is 6.57. The van der Waals surface area contributed by atoms with Crippen LogP contribution in [0.4, 0.5) is 11.4 Å². The number of hydrogen-bond donors (Lipinski definition) is 2. The largest absolute Gasteiger partial charge is 0.494 e. The maximum Gasteiger partial charge on any atom is 0.142 e. The Kier molecular flexibility index (Phi) is 10.0. The van der Waals surface area contributed by atoms with Gasteiger partial charge < -0.3 is 20.1 Å². The number of rotatable bonds is 14. The lowest BCUT2D eigenvalue weighted by molar-refractivity contribution is 0.304. The van der Waals surface area contributed by atoms with E-state index < -0.39 is 0 Å². The summed E-state index contributed by atoms with van der Waals surface area (Å²) in [6, 6.07) is 16.2. The highest BCUT2D eigenvalue weighted by Gasteiger charge is 2.01. The Bertz CT molecular complexity index is 646. The number of anilines is 2. The highest BCUT2D eigenvalue weighted by molar-refractivity contribution is 5.56. The van der Waals surface area contributed by atoms with Crippen molar-refractivity contribution < 1.29 is 9.47 Å². The van der Waals surface area contributed by atoms with E-state index in [1.807, 2.05) is 43.3 Å². The molecule has 4 heteroatoms. The predicted octanol–water partition coefficient (Wildman–Crippen LogP) is 5.96. The van der Waals surface area contributed by atoms with Gasteiger partial charge in [-0.15, -0.1) is 0 Å². The normalized spacial score (nSPS) is 10.4. The lowest BCUT2D eigenvalue weighted by Crippen LogP contribution is -2.14. The minimum atomic E-state index is 0.669. The zero-order valence-corrected chi connectivity index (χ0v) is 16.8. The van der Waals surface area contributed by atoms with Crippen molar-refractivity contribution in [2.75, 3.05) is 36.9 Å². The highest BCUT2D eigenvalue weighted by atomic mass is 16.5. The number of unbranched alkanes of at least 4 members (excludes halogenated alkanes) is 4. The fraction of sp³-hybridized carbons (Fsp3) is 0.478. The van der Waals surface area contributed by atoms with Crippen LogP contribution in [0.1, 0.15) is 46.0 Å². The molecule has 0 aliphatic carbocycles. The SMILES string of the molecule is CCCCCCCOc1cccc(NCCNc2ccccc2OCC)c1. The van der Waals surface area contributed by atoms with E-state index in [2.05, 4.69) is 29.7 Å². The molecule has 0 heterocycles. The molecule has 0 aliphatic heterocycles. The van der Waals surface area contributed by atoms with Gasteiger partial charge in [-0.25, -0.2) is 0 Å². The van der Waals surface area contributed by atoms with E-state index in [4.69, 9.17) is 9.47 Å². The standard InChI is InChI=1S/C23H34N2O2/c1-3-5-6-7-10-18-27-21-13-11-12-20(19-21)24-16-17-25-22-14-8-9-15-23(22)26-4-2/h8-9,11-15,19,24-25H,3-7,10,16-18H2,1-2H3. The topological polar surface area (TPSA) is 42.5 Å². The first-order valence-electron chi connectivity index (χ1n) is 10.3. The van der Waals surface area contributed by atoms with E-state index in [9.17, 15) is 0 Å². The molecule has 0 amide bonds. The zero-order chi connectivity index (χ0) is 19.2. The van der Waals surface area contributed by atoms with Gasteiger partial charge >= 0.3 is 0 Å². The Morgan fingerprint density at radius 1 is 0.778 bits per heavy atom. The Balaban J connectivity index is 1.69. The molecule has 0 aromatic heterocycles. The minimum Gasteiger partial charge on any atom is -0.494 e. The van der Waals surface area contributed by atoms with Crippen molar-refractivity contribution >= 4 is 11.4 Å². The molecule has 0 fully saturated rings. The number of para-hydroxylation sites is 2. The Labute approximate surface area is 164 Å². The summed E-state index contributed by atoms with van der Waals surface area (Å²) in [4.78, 5) is 0. The summed E-state index contributed by atoms with van der Waals surface area (Å²) in [5.41, 5.74) is 2.11. The Morgan fingerprint density at radius 2 is 1.59 bits per heavy atom. The second kappa shape index (κ2) is 12.9. The summed E-state index contributed by atoms with van der Waals surface area (Å²) in [6.07, 6.45) is 6.28. The van der Waals surface area contributed by atoms with Crippen LogP contribution in [0.5, 0.6) is 11.5 Å². The van der Waals surface area contributed by atoms with Crippen LogP contribution in [0.25, 0.3) is 0 Å². The second-order valence-corrected chi connectivity index (χ2v) is 6.57. The van der Waals surface area contributed by atoms with Crippen LogP contribution in [0.2, 0.25) is 0 Å². The monoisotopic (exact) mass is 370 g/mol. The van der Waals surface area contributed by atoms with Crippen molar-refractivity contribution in [1.82, 2.24) is 0 Å². The van der Waals surface area contributed by atoms with Crippen LogP contribution >= 0.6 is 0 Å². The molecule has 2 rings (SSSR count). The van der Waals surface area contributed by atoms with Crippen LogP contribution in [-0.2, 0) is 0 Å². The van der Waals surface area contributed by atoms with Crippen molar-refractivity contribution in [3.8, 4) is 11.5 Å². The smallest absolute Gasteiger partial charge is 0.142 e. The summed E-state index contributed by atoms with van der Waals surface area (Å²) in [5.74, 6) is 1.83. The average molecular weight is 371 g/mol. The van der Waals surface area contributed by atoms with Gasteiger partial charge in [-0.3, -0.25) is 0 Å². The zero-order valence-electron chi connectivity index (χ0n) is 16.8. The molecule has 2 aromatic carbocycles. The predicted molar refractivity (Wildman–Crippen MR) is 115 cm³/mol. The molecule has 0 aliphatic rings. The third kappa shape index (κ3) is 8.25. The minimum absolute atomic E-state index is 0.669. The van der Waals surface area contributed by atoms with Gasteiger partial charge in [-0.2, -0.15) is 0 Å². The molecule has 4 nitrogen and oxygen atoms in total. The van der Waals surface area contributed by atoms with E-state index >= 15 is 0 Å². The molecule has 0 unspecified atom stereocenters. The van der Waals surface area contributed by atoms with Gasteiger partial charge in [0.1, 0.15) is 11.5 Å². The molecular weight excluding hydrogens is 336 g/mol. The molecular formula is C23H34N2O2. The summed E-state index contributed by atoms with van der Waals surface area (Å²) in [7, 11) is 0. The number of nitrogens with one attached hydrogen (secondary N) is 2. The fourth-order valence-corrected chi connectivity index (χ4v) is 2.89. The van der Waals surface area contributed by atoms with E-state index in [0.717, 1.165) is 49.0 Å². The number of hydrogen-bond acceptors (Lipinski definition) is 4. The molecule has 0 saturated carbocycles. The summed E-state index contributed by atoms with van der Waals surface area (Å²) >= 11 is 0. The van der Waals surface area contributed by atoms with E-state index in [1.54, 1.807) is 0 Å². The lowest BCUT2D eigenvalue weighted by Gasteiger charge is -2.13. The molecule has 0 radical (unpaired) electrons. The molecule has 0 atom stereocenters. The molecule has 2 N–H and O–H groups in total. The maximum atomic E-state index is 5.87. The van der Waals surface area contributed by atoms with Gasteiger partial charge in [-0.1, -0.05) is 50.8 Å². The molecule has 148 valence electrons. The van der Waals surface area contributed by atoms with Crippen molar-refractivity contribution in [2.45, 2.75) is 46.0 Å². The molecule has 0 saturated heterocycles. The molecule has 2 aromatic rings. The summed E-state index contributed by atoms with van der Waals surface area (Å²) in [6.45, 7) is 7.33. The fourth-order valence-electron chi connectivity index (χ4n) is 2.89. The van der Waals surface area contributed by atoms with Gasteiger partial charge in [-0.05, 0) is 37.6 Å². The third-order valence-corrected chi connectivity index (χ3v) is 4.31. The van der Waals surface area contributed by atoms with Crippen LogP contribution in [0.15, 0.2) is 48.5 Å². The molecule has 27 heavy (non-hydrogen) atoms. The van der Waals surface area contributed by atoms with Gasteiger partial charge in [0, 0.05) is 24.8 Å². The van der Waals surface area contributed by atoms with E-state index in [0.29, 0.717) is 6.61 Å². The third-order valence-electron chi connectivity index (χ3n) is 4.31. The first-order chi connectivity index (χ1) is 13.3. The van der Waals surface area contributed by atoms with Crippen LogP contribution in [-0.4, -0.2) is 26.3 Å². The van der Waals surface area contributed by atoms with E-state index in [-0.39, 0.29) is 0 Å². The summed E-state index contributed by atoms with van der Waals surface area (Å²) in [5, 5.41) is 6.86. The summed E-state index contributed by atoms with van der Waals surface area (Å²) < 4.78 is 11.5.